The molecule has 3 rings (SSSR count). The first-order chi connectivity index (χ1) is 17.2. The first-order valence-electron chi connectivity index (χ1n) is 10.7. The lowest BCUT2D eigenvalue weighted by molar-refractivity contribution is -0.111. The second-order valence-corrected chi connectivity index (χ2v) is 9.53. The molecule has 3 aromatic rings. The normalized spacial score (nSPS) is 12.4. The average molecular weight is 614 g/mol. The summed E-state index contributed by atoms with van der Waals surface area (Å²) in [5.41, 5.74) is 7.98. The number of nitrogens with two attached hydrogens (primary N) is 1. The molecule has 0 heterocycles. The summed E-state index contributed by atoms with van der Waals surface area (Å²) < 4.78 is 6.75. The molecule has 2 amide bonds. The van der Waals surface area contributed by atoms with Crippen LogP contribution in [0.15, 0.2) is 81.8 Å². The summed E-state index contributed by atoms with van der Waals surface area (Å²) in [7, 11) is 0. The number of nitriles is 1. The quantitative estimate of drug-likeness (QED) is 0.177. The highest BCUT2D eigenvalue weighted by Crippen LogP contribution is 2.40. The van der Waals surface area contributed by atoms with Crippen molar-refractivity contribution in [2.75, 3.05) is 16.4 Å². The van der Waals surface area contributed by atoms with Crippen LogP contribution in [0, 0.1) is 17.2 Å². The second kappa shape index (κ2) is 12.2. The summed E-state index contributed by atoms with van der Waals surface area (Å²) in [5, 5.41) is 24.9. The molecule has 0 fully saturated rings. The van der Waals surface area contributed by atoms with Crippen LogP contribution >= 0.6 is 31.9 Å². The Hall–Kier alpha value is -3.81. The number of hydrogen-bond acceptors (Lipinski definition) is 6. The zero-order valence-corrected chi connectivity index (χ0v) is 22.2. The van der Waals surface area contributed by atoms with Crippen LogP contribution in [-0.2, 0) is 9.53 Å². The Bertz CT molecular complexity index is 1340. The van der Waals surface area contributed by atoms with E-state index in [0.29, 0.717) is 37.1 Å². The minimum Gasteiger partial charge on any atom is -0.506 e. The zero-order chi connectivity index (χ0) is 26.2. The van der Waals surface area contributed by atoms with E-state index in [-0.39, 0.29) is 5.75 Å². The van der Waals surface area contributed by atoms with E-state index >= 15 is 0 Å². The molecular formula is C26H22Br2N4O4. The van der Waals surface area contributed by atoms with Gasteiger partial charge in [-0.15, -0.1) is 0 Å². The number of amides is 2. The topological polar surface area (TPSA) is 137 Å². The Balaban J connectivity index is 1.82. The molecular weight excluding hydrogens is 592 g/mol. The van der Waals surface area contributed by atoms with Gasteiger partial charge in [0.15, 0.2) is 0 Å². The lowest BCUT2D eigenvalue weighted by Crippen LogP contribution is -2.22. The molecule has 8 nitrogen and oxygen atoms in total. The van der Waals surface area contributed by atoms with Gasteiger partial charge in [-0.25, -0.2) is 4.79 Å². The van der Waals surface area contributed by atoms with Gasteiger partial charge < -0.3 is 20.9 Å². The minimum absolute atomic E-state index is 0.101. The van der Waals surface area contributed by atoms with Crippen LogP contribution in [0.4, 0.5) is 21.9 Å². The number of anilines is 3. The fraction of sp³-hybridized carbons (Fsp3) is 0.115. The number of nitrogen functional groups attached to an aromatic ring is 1. The van der Waals surface area contributed by atoms with Crippen molar-refractivity contribution in [1.29, 1.82) is 5.26 Å². The first kappa shape index (κ1) is 26.8. The predicted molar refractivity (Wildman–Crippen MR) is 145 cm³/mol. The van der Waals surface area contributed by atoms with Crippen LogP contribution in [0.3, 0.4) is 0 Å². The number of nitrogens with one attached hydrogen (secondary N) is 2. The molecule has 0 saturated heterocycles. The number of phenolic OH excluding ortho intramolecular Hbond substituents is 1. The third-order valence-corrected chi connectivity index (χ3v) is 6.17. The van der Waals surface area contributed by atoms with Crippen molar-refractivity contribution < 1.29 is 19.4 Å². The molecule has 2 atom stereocenters. The van der Waals surface area contributed by atoms with Crippen molar-refractivity contribution >= 4 is 60.9 Å². The molecule has 184 valence electrons. The summed E-state index contributed by atoms with van der Waals surface area (Å²) in [6, 6.07) is 18.4. The van der Waals surface area contributed by atoms with E-state index in [0.717, 1.165) is 0 Å². The number of ether oxygens (including phenoxy) is 1. The maximum absolute atomic E-state index is 12.7. The highest BCUT2D eigenvalue weighted by atomic mass is 79.9. The minimum atomic E-state index is -0.956. The summed E-state index contributed by atoms with van der Waals surface area (Å²) in [5.74, 6) is -1.04. The lowest BCUT2D eigenvalue weighted by atomic mass is 9.96. The number of halogens is 2. The number of para-hydroxylation sites is 2. The molecule has 0 aliphatic rings. The fourth-order valence-electron chi connectivity index (χ4n) is 3.27. The molecule has 36 heavy (non-hydrogen) atoms. The van der Waals surface area contributed by atoms with E-state index in [1.165, 1.54) is 6.08 Å². The summed E-state index contributed by atoms with van der Waals surface area (Å²) >= 11 is 6.68. The molecule has 0 aliphatic heterocycles. The lowest BCUT2D eigenvalue weighted by Gasteiger charge is -2.24. The molecule has 10 heteroatoms. The zero-order valence-electron chi connectivity index (χ0n) is 19.0. The number of benzene rings is 3. The van der Waals surface area contributed by atoms with Crippen LogP contribution in [0.1, 0.15) is 24.2 Å². The van der Waals surface area contributed by atoms with Crippen LogP contribution in [0.25, 0.3) is 0 Å². The molecule has 0 aromatic heterocycles. The largest absolute Gasteiger partial charge is 0.506 e. The number of carbonyl (C=O) groups excluding carboxylic acids is 2. The van der Waals surface area contributed by atoms with Crippen molar-refractivity contribution in [2.24, 2.45) is 5.92 Å². The second-order valence-electron chi connectivity index (χ2n) is 7.76. The third kappa shape index (κ3) is 7.10. The monoisotopic (exact) mass is 612 g/mol. The maximum Gasteiger partial charge on any atom is 0.412 e. The van der Waals surface area contributed by atoms with E-state index in [4.69, 9.17) is 15.7 Å². The summed E-state index contributed by atoms with van der Waals surface area (Å²) in [6.07, 6.45) is 1.16. The van der Waals surface area contributed by atoms with Crippen LogP contribution in [0.5, 0.6) is 5.75 Å². The van der Waals surface area contributed by atoms with E-state index in [1.807, 2.05) is 6.07 Å². The summed E-state index contributed by atoms with van der Waals surface area (Å²) in [4.78, 5) is 25.2. The van der Waals surface area contributed by atoms with Gasteiger partial charge in [-0.3, -0.25) is 10.1 Å². The fourth-order valence-corrected chi connectivity index (χ4v) is 4.53. The van der Waals surface area contributed by atoms with E-state index < -0.39 is 24.0 Å². The molecule has 0 aliphatic carbocycles. The van der Waals surface area contributed by atoms with Crippen molar-refractivity contribution in [3.05, 3.63) is 92.9 Å². The molecule has 0 bridgehead atoms. The maximum atomic E-state index is 12.7. The average Bonchev–Trinajstić information content (AvgIpc) is 2.85. The molecule has 2 unspecified atom stereocenters. The number of rotatable bonds is 7. The Morgan fingerprint density at radius 3 is 2.47 bits per heavy atom. The van der Waals surface area contributed by atoms with Gasteiger partial charge >= 0.3 is 6.09 Å². The van der Waals surface area contributed by atoms with Crippen molar-refractivity contribution in [2.45, 2.75) is 13.0 Å². The number of carbonyl (C=O) groups is 2. The Labute approximate surface area is 225 Å². The molecule has 5 N–H and O–H groups in total. The highest BCUT2D eigenvalue weighted by Gasteiger charge is 2.27. The molecule has 3 aromatic carbocycles. The van der Waals surface area contributed by atoms with Gasteiger partial charge in [0.05, 0.1) is 27.5 Å². The standard InChI is InChI=1S/C26H22Br2N4O4/c1-15(6-11-23(33)32-22-5-3-2-4-21(22)30)25(19-12-17(27)13-20(28)24(19)34)36-26(35)31-18-9-7-16(14-29)8-10-18/h2-13,15,25,34H,30H2,1H3,(H,31,35)(H,32,33)/b11-6+. The van der Waals surface area contributed by atoms with Gasteiger partial charge in [0.2, 0.25) is 5.91 Å². The first-order valence-corrected chi connectivity index (χ1v) is 12.3. The summed E-state index contributed by atoms with van der Waals surface area (Å²) in [6.45, 7) is 1.74. The van der Waals surface area contributed by atoms with Gasteiger partial charge in [0.25, 0.3) is 0 Å². The van der Waals surface area contributed by atoms with Crippen LogP contribution in [-0.4, -0.2) is 17.1 Å². The van der Waals surface area contributed by atoms with E-state index in [2.05, 4.69) is 42.5 Å². The van der Waals surface area contributed by atoms with E-state index in [1.54, 1.807) is 73.7 Å². The molecule has 0 spiro atoms. The van der Waals surface area contributed by atoms with Crippen LogP contribution in [0.2, 0.25) is 0 Å². The van der Waals surface area contributed by atoms with Crippen molar-refractivity contribution in [3.8, 4) is 11.8 Å². The van der Waals surface area contributed by atoms with Crippen LogP contribution < -0.4 is 16.4 Å². The van der Waals surface area contributed by atoms with Gasteiger partial charge in [-0.1, -0.05) is 41.1 Å². The number of nitrogens with zero attached hydrogens (tertiary/aromatic N) is 1. The van der Waals surface area contributed by atoms with Crippen molar-refractivity contribution in [3.63, 3.8) is 0 Å². The SMILES string of the molecule is CC(/C=C/C(=O)Nc1ccccc1N)C(OC(=O)Nc1ccc(C#N)cc1)c1cc(Br)cc(Br)c1O. The highest BCUT2D eigenvalue weighted by molar-refractivity contribution is 9.11. The number of phenols is 1. The van der Waals surface area contributed by atoms with Gasteiger partial charge in [-0.2, -0.15) is 5.26 Å². The Morgan fingerprint density at radius 1 is 1.11 bits per heavy atom. The third-order valence-electron chi connectivity index (χ3n) is 5.11. The van der Waals surface area contributed by atoms with Crippen molar-refractivity contribution in [1.82, 2.24) is 0 Å². The number of hydrogen-bond donors (Lipinski definition) is 4. The van der Waals surface area contributed by atoms with Gasteiger partial charge in [0, 0.05) is 21.6 Å². The van der Waals surface area contributed by atoms with Gasteiger partial charge in [-0.05, 0) is 70.5 Å². The predicted octanol–water partition coefficient (Wildman–Crippen LogP) is 6.49. The smallest absolute Gasteiger partial charge is 0.412 e. The number of aromatic hydroxyl groups is 1. The Morgan fingerprint density at radius 2 is 1.81 bits per heavy atom. The Kier molecular flexibility index (Phi) is 9.11. The molecule has 0 saturated carbocycles. The molecule has 0 radical (unpaired) electrons. The van der Waals surface area contributed by atoms with E-state index in [9.17, 15) is 14.7 Å². The van der Waals surface area contributed by atoms with Gasteiger partial charge in [0.1, 0.15) is 11.9 Å².